The molecule has 1 fully saturated rings. The molecule has 2 aromatic carbocycles. The molecule has 8 heteroatoms. The molecule has 0 spiro atoms. The molecule has 154 valence electrons. The molecule has 2 unspecified atom stereocenters. The van der Waals surface area contributed by atoms with E-state index < -0.39 is 23.9 Å². The van der Waals surface area contributed by atoms with Gasteiger partial charge in [0.15, 0.2) is 12.1 Å². The number of anilines is 2. The third-order valence-electron chi connectivity index (χ3n) is 5.58. The minimum Gasteiger partial charge on any atom is -0.324 e. The topological polar surface area (TPSA) is 94.4 Å². The number of rotatable bonds is 4. The fraction of sp³-hybridized carbons (Fsp3) is 0.318. The van der Waals surface area contributed by atoms with Gasteiger partial charge in [-0.05, 0) is 68.1 Å². The molecule has 1 saturated heterocycles. The van der Waals surface area contributed by atoms with E-state index in [2.05, 4.69) is 15.7 Å². The van der Waals surface area contributed by atoms with Crippen LogP contribution in [0.3, 0.4) is 0 Å². The summed E-state index contributed by atoms with van der Waals surface area (Å²) in [7, 11) is 0. The number of amides is 3. The van der Waals surface area contributed by atoms with Gasteiger partial charge in [0.2, 0.25) is 5.91 Å². The van der Waals surface area contributed by atoms with Gasteiger partial charge in [0, 0.05) is 5.69 Å². The number of carbonyl (C=O) groups is 3. The maximum atomic E-state index is 13.1. The molecule has 4 rings (SSSR count). The smallest absolute Gasteiger partial charge is 0.263 e. The molecule has 3 amide bonds. The van der Waals surface area contributed by atoms with E-state index >= 15 is 0 Å². The van der Waals surface area contributed by atoms with Crippen molar-refractivity contribution in [3.63, 3.8) is 0 Å². The number of nitrogens with zero attached hydrogens (tertiary/aromatic N) is 4. The molecule has 2 aromatic rings. The molecule has 2 aliphatic rings. The number of nitrogens with one attached hydrogen (secondary N) is 1. The van der Waals surface area contributed by atoms with Crippen LogP contribution in [0.1, 0.15) is 22.3 Å². The Hall–Kier alpha value is -3.55. The van der Waals surface area contributed by atoms with Crippen LogP contribution in [-0.2, 0) is 14.4 Å². The second kappa shape index (κ2) is 7.37. The number of carbonyl (C=O) groups excluding carboxylic acids is 3. The number of imide groups is 1. The minimum atomic E-state index is -0.924. The predicted octanol–water partition coefficient (Wildman–Crippen LogP) is 2.85. The Morgan fingerprint density at radius 1 is 0.967 bits per heavy atom. The second-order valence-electron chi connectivity index (χ2n) is 7.84. The first-order valence-corrected chi connectivity index (χ1v) is 9.76. The second-order valence-corrected chi connectivity index (χ2v) is 7.84. The summed E-state index contributed by atoms with van der Waals surface area (Å²) in [5.41, 5.74) is 5.23. The summed E-state index contributed by atoms with van der Waals surface area (Å²) in [6, 6.07) is 9.38. The molecule has 0 aliphatic carbocycles. The van der Waals surface area contributed by atoms with Gasteiger partial charge >= 0.3 is 0 Å². The average Bonchev–Trinajstić information content (AvgIpc) is 3.21. The lowest BCUT2D eigenvalue weighted by molar-refractivity contribution is -0.123. The van der Waals surface area contributed by atoms with E-state index in [1.54, 1.807) is 12.1 Å². The highest BCUT2D eigenvalue weighted by atomic mass is 16.2. The molecular formula is C22H23N5O3. The number of hydrogen-bond donors (Lipinski definition) is 1. The van der Waals surface area contributed by atoms with Crippen LogP contribution in [0.2, 0.25) is 0 Å². The monoisotopic (exact) mass is 405 g/mol. The van der Waals surface area contributed by atoms with Crippen LogP contribution >= 0.6 is 0 Å². The Labute approximate surface area is 174 Å². The van der Waals surface area contributed by atoms with E-state index in [-0.39, 0.29) is 12.5 Å². The first kappa shape index (κ1) is 19.8. The molecule has 1 N–H and O–H groups in total. The lowest BCUT2D eigenvalue weighted by atomic mass is 10.1. The van der Waals surface area contributed by atoms with Gasteiger partial charge in [0.05, 0.1) is 5.69 Å². The SMILES string of the molecule is Cc1ccc(C)c(NC(=O)CN2N=NC3C(=O)N(c4ccc(C)c(C)c4)C(=O)C32)c1. The van der Waals surface area contributed by atoms with E-state index in [0.29, 0.717) is 11.4 Å². The summed E-state index contributed by atoms with van der Waals surface area (Å²) in [4.78, 5) is 39.6. The van der Waals surface area contributed by atoms with Gasteiger partial charge in [0.1, 0.15) is 6.54 Å². The molecule has 0 bridgehead atoms. The van der Waals surface area contributed by atoms with E-state index in [9.17, 15) is 14.4 Å². The van der Waals surface area contributed by atoms with Crippen molar-refractivity contribution < 1.29 is 14.4 Å². The van der Waals surface area contributed by atoms with Crippen molar-refractivity contribution in [3.05, 3.63) is 58.7 Å². The molecule has 30 heavy (non-hydrogen) atoms. The largest absolute Gasteiger partial charge is 0.324 e. The third-order valence-corrected chi connectivity index (χ3v) is 5.58. The highest BCUT2D eigenvalue weighted by molar-refractivity contribution is 6.25. The summed E-state index contributed by atoms with van der Waals surface area (Å²) in [5, 5.41) is 12.1. The minimum absolute atomic E-state index is 0.169. The van der Waals surface area contributed by atoms with Crippen LogP contribution in [0.4, 0.5) is 11.4 Å². The normalized spacial score (nSPS) is 20.1. The Balaban J connectivity index is 1.51. The lowest BCUT2D eigenvalue weighted by Gasteiger charge is -2.21. The van der Waals surface area contributed by atoms with Crippen LogP contribution in [-0.4, -0.2) is 41.4 Å². The molecule has 8 nitrogen and oxygen atoms in total. The summed E-state index contributed by atoms with van der Waals surface area (Å²) in [6.07, 6.45) is 0. The van der Waals surface area contributed by atoms with E-state index in [4.69, 9.17) is 0 Å². The molecule has 0 saturated carbocycles. The average molecular weight is 405 g/mol. The van der Waals surface area contributed by atoms with Crippen molar-refractivity contribution in [2.24, 2.45) is 10.3 Å². The summed E-state index contributed by atoms with van der Waals surface area (Å²) < 4.78 is 0. The molecule has 0 radical (unpaired) electrons. The van der Waals surface area contributed by atoms with Crippen molar-refractivity contribution in [1.82, 2.24) is 5.01 Å². The van der Waals surface area contributed by atoms with E-state index in [0.717, 1.165) is 27.2 Å². The van der Waals surface area contributed by atoms with Gasteiger partial charge in [0.25, 0.3) is 11.8 Å². The molecule has 2 atom stereocenters. The Kier molecular flexibility index (Phi) is 4.85. The van der Waals surface area contributed by atoms with E-state index in [1.807, 2.05) is 52.0 Å². The fourth-order valence-electron chi connectivity index (χ4n) is 3.68. The van der Waals surface area contributed by atoms with Crippen LogP contribution in [0.25, 0.3) is 0 Å². The van der Waals surface area contributed by atoms with Gasteiger partial charge in [-0.1, -0.05) is 23.4 Å². The summed E-state index contributed by atoms with van der Waals surface area (Å²) in [5.74, 6) is -1.17. The molecule has 2 heterocycles. The first-order valence-electron chi connectivity index (χ1n) is 9.76. The van der Waals surface area contributed by atoms with Crippen molar-refractivity contribution in [2.75, 3.05) is 16.8 Å². The lowest BCUT2D eigenvalue weighted by Crippen LogP contribution is -2.43. The third kappa shape index (κ3) is 3.34. The number of benzene rings is 2. The highest BCUT2D eigenvalue weighted by Crippen LogP contribution is 2.32. The molecule has 0 aromatic heterocycles. The predicted molar refractivity (Wildman–Crippen MR) is 112 cm³/mol. The van der Waals surface area contributed by atoms with Crippen molar-refractivity contribution in [3.8, 4) is 0 Å². The van der Waals surface area contributed by atoms with Crippen LogP contribution in [0.5, 0.6) is 0 Å². The Morgan fingerprint density at radius 3 is 2.43 bits per heavy atom. The maximum Gasteiger partial charge on any atom is 0.263 e. The molecule has 2 aliphatic heterocycles. The Morgan fingerprint density at radius 2 is 1.70 bits per heavy atom. The van der Waals surface area contributed by atoms with Crippen LogP contribution < -0.4 is 10.2 Å². The van der Waals surface area contributed by atoms with Crippen LogP contribution in [0, 0.1) is 27.7 Å². The fourth-order valence-corrected chi connectivity index (χ4v) is 3.68. The first-order chi connectivity index (χ1) is 14.3. The highest BCUT2D eigenvalue weighted by Gasteiger charge is 2.55. The zero-order chi connectivity index (χ0) is 21.6. The van der Waals surface area contributed by atoms with Gasteiger partial charge < -0.3 is 5.32 Å². The zero-order valence-corrected chi connectivity index (χ0v) is 17.3. The van der Waals surface area contributed by atoms with Gasteiger partial charge in [-0.25, -0.2) is 4.90 Å². The van der Waals surface area contributed by atoms with Gasteiger partial charge in [-0.3, -0.25) is 19.4 Å². The van der Waals surface area contributed by atoms with Crippen molar-refractivity contribution in [1.29, 1.82) is 0 Å². The molecular weight excluding hydrogens is 382 g/mol. The van der Waals surface area contributed by atoms with Crippen molar-refractivity contribution >= 4 is 29.1 Å². The number of hydrogen-bond acceptors (Lipinski definition) is 6. The summed E-state index contributed by atoms with van der Waals surface area (Å²) in [6.45, 7) is 7.57. The quantitative estimate of drug-likeness (QED) is 0.792. The van der Waals surface area contributed by atoms with Crippen molar-refractivity contribution in [2.45, 2.75) is 39.8 Å². The van der Waals surface area contributed by atoms with Gasteiger partial charge in [-0.2, -0.15) is 5.11 Å². The van der Waals surface area contributed by atoms with Crippen LogP contribution in [0.15, 0.2) is 46.7 Å². The summed E-state index contributed by atoms with van der Waals surface area (Å²) >= 11 is 0. The maximum absolute atomic E-state index is 13.1. The zero-order valence-electron chi connectivity index (χ0n) is 17.3. The standard InChI is InChI=1S/C22H23N5O3/c1-12-5-6-14(3)17(9-12)23-18(28)11-26-20-19(24-25-26)21(29)27(22(20)30)16-8-7-13(2)15(4)10-16/h5-10,19-20H,11H2,1-4H3,(H,23,28). The van der Waals surface area contributed by atoms with Gasteiger partial charge in [-0.15, -0.1) is 0 Å². The van der Waals surface area contributed by atoms with E-state index in [1.165, 1.54) is 5.01 Å². The Bertz CT molecular complexity index is 1090. The number of fused-ring (bicyclic) bond motifs is 1. The number of aryl methyl sites for hydroxylation is 4.